The number of nitrogens with one attached hydrogen (secondary N) is 1. The normalized spacial score (nSPS) is 28.8. The first-order valence-electron chi connectivity index (χ1n) is 8.51. The van der Waals surface area contributed by atoms with E-state index in [-0.39, 0.29) is 17.8 Å². The summed E-state index contributed by atoms with van der Waals surface area (Å²) in [5.74, 6) is 0.969. The SMILES string of the molecule is CC1CC2CCN1C[C@@H]2NC(=O)c1ccc(-c2ccc(F)cc2)o1. The Morgan fingerprint density at radius 3 is 2.71 bits per heavy atom. The van der Waals surface area contributed by atoms with Gasteiger partial charge in [0.2, 0.25) is 0 Å². The summed E-state index contributed by atoms with van der Waals surface area (Å²) in [5, 5.41) is 3.13. The van der Waals surface area contributed by atoms with E-state index in [4.69, 9.17) is 4.42 Å². The fraction of sp³-hybridized carbons (Fsp3) is 0.421. The van der Waals surface area contributed by atoms with Crippen LogP contribution in [0, 0.1) is 11.7 Å². The molecule has 3 unspecified atom stereocenters. The molecule has 1 aromatic heterocycles. The lowest BCUT2D eigenvalue weighted by molar-refractivity contribution is 0.0269. The minimum atomic E-state index is -0.292. The van der Waals surface area contributed by atoms with E-state index in [0.29, 0.717) is 23.5 Å². The first-order valence-corrected chi connectivity index (χ1v) is 8.51. The zero-order valence-electron chi connectivity index (χ0n) is 13.7. The Bertz CT molecular complexity index is 740. The second-order valence-electron chi connectivity index (χ2n) is 6.88. The Morgan fingerprint density at radius 1 is 1.25 bits per heavy atom. The van der Waals surface area contributed by atoms with Gasteiger partial charge in [0.05, 0.1) is 0 Å². The number of hydrogen-bond donors (Lipinski definition) is 1. The molecule has 126 valence electrons. The number of rotatable bonds is 3. The number of halogens is 1. The van der Waals surface area contributed by atoms with Crippen molar-refractivity contribution in [2.75, 3.05) is 13.1 Å². The van der Waals surface area contributed by atoms with Crippen molar-refractivity contribution in [2.45, 2.75) is 31.8 Å². The van der Waals surface area contributed by atoms with Crippen molar-refractivity contribution in [2.24, 2.45) is 5.92 Å². The lowest BCUT2D eigenvalue weighted by Gasteiger charge is -2.48. The molecule has 0 radical (unpaired) electrons. The molecule has 4 heterocycles. The minimum Gasteiger partial charge on any atom is -0.451 e. The van der Waals surface area contributed by atoms with Crippen LogP contribution in [0.1, 0.15) is 30.3 Å². The van der Waals surface area contributed by atoms with Gasteiger partial charge < -0.3 is 9.73 Å². The summed E-state index contributed by atoms with van der Waals surface area (Å²) in [6, 6.07) is 10.3. The number of hydrogen-bond acceptors (Lipinski definition) is 3. The highest BCUT2D eigenvalue weighted by Crippen LogP contribution is 2.32. The molecule has 3 aliphatic rings. The molecule has 5 heteroatoms. The first kappa shape index (κ1) is 15.4. The third kappa shape index (κ3) is 2.84. The van der Waals surface area contributed by atoms with Crippen LogP contribution in [0.5, 0.6) is 0 Å². The standard InChI is InChI=1S/C19H21FN2O2/c1-12-10-14-8-9-22(12)11-16(14)21-19(23)18-7-6-17(24-18)13-2-4-15(20)5-3-13/h2-7,12,14,16H,8-11H2,1H3,(H,21,23)/t12?,14?,16-/m0/s1. The molecular weight excluding hydrogens is 307 g/mol. The molecule has 4 nitrogen and oxygen atoms in total. The predicted octanol–water partition coefficient (Wildman–Crippen LogP) is 3.30. The second kappa shape index (κ2) is 6.06. The largest absolute Gasteiger partial charge is 0.451 e. The van der Waals surface area contributed by atoms with Crippen molar-refractivity contribution in [3.63, 3.8) is 0 Å². The highest BCUT2D eigenvalue weighted by molar-refractivity contribution is 5.92. The third-order valence-electron chi connectivity index (χ3n) is 5.33. The van der Waals surface area contributed by atoms with E-state index in [0.717, 1.165) is 31.5 Å². The maximum atomic E-state index is 13.0. The first-order chi connectivity index (χ1) is 11.6. The van der Waals surface area contributed by atoms with E-state index in [2.05, 4.69) is 17.1 Å². The summed E-state index contributed by atoms with van der Waals surface area (Å²) >= 11 is 0. The van der Waals surface area contributed by atoms with Gasteiger partial charge in [-0.15, -0.1) is 0 Å². The minimum absolute atomic E-state index is 0.172. The van der Waals surface area contributed by atoms with Crippen molar-refractivity contribution >= 4 is 5.91 Å². The molecule has 1 N–H and O–H groups in total. The highest BCUT2D eigenvalue weighted by Gasteiger charge is 2.39. The molecule has 3 aliphatic heterocycles. The van der Waals surface area contributed by atoms with Crippen LogP contribution in [0.3, 0.4) is 0 Å². The number of amides is 1. The summed E-state index contributed by atoms with van der Waals surface area (Å²) in [6.45, 7) is 4.31. The Balaban J connectivity index is 1.45. The number of benzene rings is 1. The van der Waals surface area contributed by atoms with E-state index < -0.39 is 0 Å². The van der Waals surface area contributed by atoms with Gasteiger partial charge in [-0.3, -0.25) is 9.69 Å². The van der Waals surface area contributed by atoms with Crippen LogP contribution in [0.15, 0.2) is 40.8 Å². The number of fused-ring (bicyclic) bond motifs is 3. The molecule has 24 heavy (non-hydrogen) atoms. The van der Waals surface area contributed by atoms with Gasteiger partial charge >= 0.3 is 0 Å². The van der Waals surface area contributed by atoms with Crippen LogP contribution in [-0.4, -0.2) is 36.0 Å². The van der Waals surface area contributed by atoms with Gasteiger partial charge in [-0.2, -0.15) is 0 Å². The summed E-state index contributed by atoms with van der Waals surface area (Å²) < 4.78 is 18.7. The van der Waals surface area contributed by atoms with Crippen molar-refractivity contribution in [3.05, 3.63) is 48.0 Å². The van der Waals surface area contributed by atoms with Gasteiger partial charge in [-0.05, 0) is 68.6 Å². The maximum absolute atomic E-state index is 13.0. The molecule has 0 aliphatic carbocycles. The van der Waals surface area contributed by atoms with Crippen molar-refractivity contribution in [1.82, 2.24) is 10.2 Å². The zero-order chi connectivity index (χ0) is 16.7. The molecule has 1 aromatic carbocycles. The summed E-state index contributed by atoms with van der Waals surface area (Å²) in [7, 11) is 0. The number of piperidine rings is 3. The van der Waals surface area contributed by atoms with E-state index in [9.17, 15) is 9.18 Å². The Kier molecular flexibility index (Phi) is 3.88. The molecule has 3 fully saturated rings. The van der Waals surface area contributed by atoms with Crippen LogP contribution in [0.2, 0.25) is 0 Å². The molecule has 0 saturated carbocycles. The average molecular weight is 328 g/mol. The molecular formula is C19H21FN2O2. The van der Waals surface area contributed by atoms with Crippen molar-refractivity contribution in [3.8, 4) is 11.3 Å². The van der Waals surface area contributed by atoms with Crippen LogP contribution in [0.4, 0.5) is 4.39 Å². The molecule has 1 amide bonds. The smallest absolute Gasteiger partial charge is 0.287 e. The topological polar surface area (TPSA) is 45.5 Å². The fourth-order valence-electron chi connectivity index (χ4n) is 3.93. The Labute approximate surface area is 140 Å². The molecule has 4 atom stereocenters. The number of furan rings is 1. The van der Waals surface area contributed by atoms with E-state index in [1.54, 1.807) is 24.3 Å². The number of nitrogens with zero attached hydrogens (tertiary/aromatic N) is 1. The summed E-state index contributed by atoms with van der Waals surface area (Å²) in [5.41, 5.74) is 0.757. The van der Waals surface area contributed by atoms with E-state index >= 15 is 0 Å². The average Bonchev–Trinajstić information content (AvgIpc) is 3.07. The number of carbonyl (C=O) groups is 1. The van der Waals surface area contributed by atoms with Gasteiger partial charge in [-0.25, -0.2) is 4.39 Å². The zero-order valence-corrected chi connectivity index (χ0v) is 13.7. The van der Waals surface area contributed by atoms with E-state index in [1.165, 1.54) is 12.1 Å². The second-order valence-corrected chi connectivity index (χ2v) is 6.88. The quantitative estimate of drug-likeness (QED) is 0.940. The fourth-order valence-corrected chi connectivity index (χ4v) is 3.93. The predicted molar refractivity (Wildman–Crippen MR) is 89.1 cm³/mol. The Morgan fingerprint density at radius 2 is 2.04 bits per heavy atom. The summed E-state index contributed by atoms with van der Waals surface area (Å²) in [6.07, 6.45) is 2.29. The molecule has 3 saturated heterocycles. The van der Waals surface area contributed by atoms with Crippen LogP contribution >= 0.6 is 0 Å². The third-order valence-corrected chi connectivity index (χ3v) is 5.33. The monoisotopic (exact) mass is 328 g/mol. The lowest BCUT2D eigenvalue weighted by Crippen LogP contribution is -2.60. The molecule has 5 rings (SSSR count). The van der Waals surface area contributed by atoms with Gasteiger partial charge in [0, 0.05) is 24.2 Å². The van der Waals surface area contributed by atoms with Crippen molar-refractivity contribution < 1.29 is 13.6 Å². The van der Waals surface area contributed by atoms with Gasteiger partial charge in [0.15, 0.2) is 5.76 Å². The van der Waals surface area contributed by atoms with Gasteiger partial charge in [-0.1, -0.05) is 0 Å². The lowest BCUT2D eigenvalue weighted by atomic mass is 9.80. The molecule has 2 bridgehead atoms. The van der Waals surface area contributed by atoms with Gasteiger partial charge in [0.1, 0.15) is 11.6 Å². The molecule has 0 spiro atoms. The van der Waals surface area contributed by atoms with E-state index in [1.807, 2.05) is 0 Å². The number of carbonyl (C=O) groups excluding carboxylic acids is 1. The Hall–Kier alpha value is -2.14. The van der Waals surface area contributed by atoms with Gasteiger partial charge in [0.25, 0.3) is 5.91 Å². The highest BCUT2D eigenvalue weighted by atomic mass is 19.1. The maximum Gasteiger partial charge on any atom is 0.287 e. The van der Waals surface area contributed by atoms with Crippen LogP contribution in [0.25, 0.3) is 11.3 Å². The van der Waals surface area contributed by atoms with Crippen LogP contribution < -0.4 is 5.32 Å². The van der Waals surface area contributed by atoms with Crippen LogP contribution in [-0.2, 0) is 0 Å². The van der Waals surface area contributed by atoms with Crippen molar-refractivity contribution in [1.29, 1.82) is 0 Å². The summed E-state index contributed by atoms with van der Waals surface area (Å²) in [4.78, 5) is 14.9. The molecule has 2 aromatic rings.